The fraction of sp³-hybridized carbons (Fsp3) is 0.400. The van der Waals surface area contributed by atoms with E-state index in [0.717, 1.165) is 17.3 Å². The zero-order valence-corrected chi connectivity index (χ0v) is 9.05. The van der Waals surface area contributed by atoms with Gasteiger partial charge in [0.25, 0.3) is 0 Å². The maximum absolute atomic E-state index is 12.5. The number of hydrogen-bond acceptors (Lipinski definition) is 1. The summed E-state index contributed by atoms with van der Waals surface area (Å²) >= 11 is 3.35. The molecule has 0 bridgehead atoms. The molecule has 1 aromatic carbocycles. The number of alkyl halides is 1. The topological polar surface area (TPSA) is 9.23 Å². The Labute approximate surface area is 86.0 Å². The molecule has 0 saturated heterocycles. The van der Waals surface area contributed by atoms with E-state index in [0.29, 0.717) is 0 Å². The lowest BCUT2D eigenvalue weighted by Gasteiger charge is -2.11. The average molecular weight is 247 g/mol. The van der Waals surface area contributed by atoms with Crippen LogP contribution in [0, 0.1) is 5.82 Å². The van der Waals surface area contributed by atoms with Crippen molar-refractivity contribution in [2.75, 3.05) is 12.4 Å². The van der Waals surface area contributed by atoms with Crippen molar-refractivity contribution in [2.45, 2.75) is 12.5 Å². The number of ether oxygens (including phenoxy) is 1. The van der Waals surface area contributed by atoms with E-state index in [1.165, 1.54) is 12.1 Å². The lowest BCUT2D eigenvalue weighted by molar-refractivity contribution is 0.123. The first-order chi connectivity index (χ1) is 6.26. The summed E-state index contributed by atoms with van der Waals surface area (Å²) in [5, 5.41) is 0.793. The molecule has 0 amide bonds. The van der Waals surface area contributed by atoms with Crippen LogP contribution in [0.3, 0.4) is 0 Å². The van der Waals surface area contributed by atoms with Gasteiger partial charge in [-0.1, -0.05) is 28.1 Å². The molecule has 72 valence electrons. The summed E-state index contributed by atoms with van der Waals surface area (Å²) in [5.41, 5.74) is 1.09. The van der Waals surface area contributed by atoms with Crippen molar-refractivity contribution >= 4 is 15.9 Å². The molecular formula is C10H12BrFO. The van der Waals surface area contributed by atoms with E-state index < -0.39 is 0 Å². The molecule has 0 radical (unpaired) electrons. The van der Waals surface area contributed by atoms with Gasteiger partial charge in [0, 0.05) is 12.4 Å². The third-order valence-electron chi connectivity index (χ3n) is 1.88. The first-order valence-corrected chi connectivity index (χ1v) is 5.21. The molecule has 13 heavy (non-hydrogen) atoms. The van der Waals surface area contributed by atoms with Gasteiger partial charge in [0.2, 0.25) is 0 Å². The minimum Gasteiger partial charge on any atom is -0.380 e. The normalized spacial score (nSPS) is 12.8. The largest absolute Gasteiger partial charge is 0.380 e. The summed E-state index contributed by atoms with van der Waals surface area (Å²) in [7, 11) is 1.68. The van der Waals surface area contributed by atoms with Crippen LogP contribution < -0.4 is 0 Å². The summed E-state index contributed by atoms with van der Waals surface area (Å²) < 4.78 is 17.7. The van der Waals surface area contributed by atoms with E-state index in [4.69, 9.17) is 4.74 Å². The second-order valence-electron chi connectivity index (χ2n) is 2.84. The molecule has 0 N–H and O–H groups in total. The van der Waals surface area contributed by atoms with E-state index in [1.54, 1.807) is 19.2 Å². The first-order valence-electron chi connectivity index (χ1n) is 4.09. The second kappa shape index (κ2) is 5.35. The third-order valence-corrected chi connectivity index (χ3v) is 2.60. The molecule has 0 aliphatic heterocycles. The van der Waals surface area contributed by atoms with Gasteiger partial charge in [0.05, 0.1) is 6.10 Å². The Morgan fingerprint density at radius 2 is 2.00 bits per heavy atom. The molecule has 3 heteroatoms. The average Bonchev–Trinajstić information content (AvgIpc) is 2.17. The third kappa shape index (κ3) is 3.44. The fourth-order valence-corrected chi connectivity index (χ4v) is 1.58. The summed E-state index contributed by atoms with van der Waals surface area (Å²) in [6.45, 7) is 0. The van der Waals surface area contributed by atoms with Crippen molar-refractivity contribution < 1.29 is 9.13 Å². The lowest BCUT2D eigenvalue weighted by atomic mass is 10.1. The van der Waals surface area contributed by atoms with Crippen LogP contribution in [0.15, 0.2) is 24.3 Å². The van der Waals surface area contributed by atoms with Crippen LogP contribution in [-0.2, 0) is 11.2 Å². The Kier molecular flexibility index (Phi) is 4.39. The van der Waals surface area contributed by atoms with Crippen LogP contribution in [0.1, 0.15) is 5.56 Å². The summed E-state index contributed by atoms with van der Waals surface area (Å²) in [4.78, 5) is 0. The Balaban J connectivity index is 2.58. The lowest BCUT2D eigenvalue weighted by Crippen LogP contribution is -2.15. The molecule has 0 unspecified atom stereocenters. The molecule has 0 aliphatic rings. The highest BCUT2D eigenvalue weighted by Crippen LogP contribution is 2.08. The first kappa shape index (κ1) is 10.7. The second-order valence-corrected chi connectivity index (χ2v) is 3.49. The maximum atomic E-state index is 12.5. The van der Waals surface area contributed by atoms with Gasteiger partial charge in [-0.2, -0.15) is 0 Å². The zero-order valence-electron chi connectivity index (χ0n) is 7.47. The summed E-state index contributed by atoms with van der Waals surface area (Å²) in [5.74, 6) is -0.198. The van der Waals surface area contributed by atoms with E-state index in [2.05, 4.69) is 15.9 Å². The molecule has 1 nitrogen and oxygen atoms in total. The monoisotopic (exact) mass is 246 g/mol. The highest BCUT2D eigenvalue weighted by atomic mass is 79.9. The van der Waals surface area contributed by atoms with Crippen LogP contribution in [0.2, 0.25) is 0 Å². The molecule has 1 aromatic rings. The summed E-state index contributed by atoms with van der Waals surface area (Å²) in [6.07, 6.45) is 0.965. The van der Waals surface area contributed by atoms with Crippen molar-refractivity contribution in [1.29, 1.82) is 0 Å². The van der Waals surface area contributed by atoms with Gasteiger partial charge in [-0.05, 0) is 24.1 Å². The maximum Gasteiger partial charge on any atom is 0.123 e. The number of hydrogen-bond donors (Lipinski definition) is 0. The van der Waals surface area contributed by atoms with Gasteiger partial charge in [-0.3, -0.25) is 0 Å². The van der Waals surface area contributed by atoms with Crippen molar-refractivity contribution in [2.24, 2.45) is 0 Å². The number of methoxy groups -OCH3 is 1. The van der Waals surface area contributed by atoms with Gasteiger partial charge in [0.15, 0.2) is 0 Å². The Morgan fingerprint density at radius 3 is 2.46 bits per heavy atom. The molecule has 0 heterocycles. The SMILES string of the molecule is CO[C@H](CBr)Cc1ccc(F)cc1. The Morgan fingerprint density at radius 1 is 1.38 bits per heavy atom. The molecule has 1 atom stereocenters. The highest BCUT2D eigenvalue weighted by molar-refractivity contribution is 9.09. The predicted octanol–water partition coefficient (Wildman–Crippen LogP) is 2.78. The van der Waals surface area contributed by atoms with Crippen LogP contribution in [0.25, 0.3) is 0 Å². The molecule has 0 fully saturated rings. The highest BCUT2D eigenvalue weighted by Gasteiger charge is 2.05. The molecule has 0 aliphatic carbocycles. The van der Waals surface area contributed by atoms with E-state index >= 15 is 0 Å². The quantitative estimate of drug-likeness (QED) is 0.743. The van der Waals surface area contributed by atoms with Crippen molar-refractivity contribution in [3.8, 4) is 0 Å². The minimum atomic E-state index is -0.198. The van der Waals surface area contributed by atoms with Gasteiger partial charge in [0.1, 0.15) is 5.82 Å². The van der Waals surface area contributed by atoms with Crippen molar-refractivity contribution in [3.63, 3.8) is 0 Å². The van der Waals surface area contributed by atoms with Crippen LogP contribution in [0.5, 0.6) is 0 Å². The van der Waals surface area contributed by atoms with Gasteiger partial charge < -0.3 is 4.74 Å². The molecule has 0 saturated carbocycles. The standard InChI is InChI=1S/C10H12BrFO/c1-13-10(7-11)6-8-2-4-9(12)5-3-8/h2-5,10H,6-7H2,1H3/t10-/m0/s1. The molecular weight excluding hydrogens is 235 g/mol. The smallest absolute Gasteiger partial charge is 0.123 e. The van der Waals surface area contributed by atoms with Crippen molar-refractivity contribution in [1.82, 2.24) is 0 Å². The molecule has 1 rings (SSSR count). The van der Waals surface area contributed by atoms with Crippen LogP contribution in [-0.4, -0.2) is 18.5 Å². The van der Waals surface area contributed by atoms with Gasteiger partial charge in [-0.25, -0.2) is 4.39 Å². The van der Waals surface area contributed by atoms with E-state index in [9.17, 15) is 4.39 Å². The van der Waals surface area contributed by atoms with Crippen LogP contribution >= 0.6 is 15.9 Å². The van der Waals surface area contributed by atoms with Gasteiger partial charge in [-0.15, -0.1) is 0 Å². The minimum absolute atomic E-state index is 0.158. The number of halogens is 2. The van der Waals surface area contributed by atoms with Crippen LogP contribution in [0.4, 0.5) is 4.39 Å². The number of benzene rings is 1. The predicted molar refractivity (Wildman–Crippen MR) is 54.7 cm³/mol. The fourth-order valence-electron chi connectivity index (χ4n) is 1.08. The molecule has 0 spiro atoms. The number of rotatable bonds is 4. The van der Waals surface area contributed by atoms with E-state index in [-0.39, 0.29) is 11.9 Å². The van der Waals surface area contributed by atoms with E-state index in [1.807, 2.05) is 0 Å². The Hall–Kier alpha value is -0.410. The Bertz CT molecular complexity index is 244. The van der Waals surface area contributed by atoms with Gasteiger partial charge >= 0.3 is 0 Å². The zero-order chi connectivity index (χ0) is 9.68. The molecule has 0 aromatic heterocycles. The summed E-state index contributed by atoms with van der Waals surface area (Å²) in [6, 6.07) is 6.50. The van der Waals surface area contributed by atoms with Crippen molar-refractivity contribution in [3.05, 3.63) is 35.6 Å².